The molecule has 7 heteroatoms. The van der Waals surface area contributed by atoms with Gasteiger partial charge < -0.3 is 9.47 Å². The molecule has 0 radical (unpaired) electrons. The highest BCUT2D eigenvalue weighted by atomic mass is 32.2. The van der Waals surface area contributed by atoms with Gasteiger partial charge in [0.05, 0.1) is 18.4 Å². The lowest BCUT2D eigenvalue weighted by Gasteiger charge is -2.27. The van der Waals surface area contributed by atoms with Crippen LogP contribution in [0.1, 0.15) is 22.3 Å². The summed E-state index contributed by atoms with van der Waals surface area (Å²) in [6, 6.07) is 23.4. The molecule has 35 heavy (non-hydrogen) atoms. The molecule has 0 saturated carbocycles. The van der Waals surface area contributed by atoms with Crippen LogP contribution in [-0.4, -0.2) is 28.9 Å². The number of nitrogens with zero attached hydrogens (tertiary/aromatic N) is 2. The molecule has 0 aliphatic carbocycles. The third kappa shape index (κ3) is 4.63. The Morgan fingerprint density at radius 1 is 1.03 bits per heavy atom. The Hall–Kier alpha value is -4.10. The summed E-state index contributed by atoms with van der Waals surface area (Å²) >= 11 is 1.35. The van der Waals surface area contributed by atoms with Crippen molar-refractivity contribution in [3.05, 3.63) is 106 Å². The maximum Gasteiger partial charge on any atom is 0.283 e. The van der Waals surface area contributed by atoms with Gasteiger partial charge in [0.25, 0.3) is 5.91 Å². The predicted octanol–water partition coefficient (Wildman–Crippen LogP) is 5.89. The summed E-state index contributed by atoms with van der Waals surface area (Å²) in [6.45, 7) is 2.46. The van der Waals surface area contributed by atoms with Crippen LogP contribution >= 0.6 is 11.8 Å². The number of methoxy groups -OCH3 is 1. The summed E-state index contributed by atoms with van der Waals surface area (Å²) in [6.07, 6.45) is 1.67. The molecule has 1 N–H and O–H groups in total. The van der Waals surface area contributed by atoms with Gasteiger partial charge in [0.2, 0.25) is 0 Å². The van der Waals surface area contributed by atoms with Gasteiger partial charge in [0, 0.05) is 5.41 Å². The molecule has 0 spiro atoms. The van der Waals surface area contributed by atoms with Crippen LogP contribution in [0.5, 0.6) is 11.5 Å². The first-order valence-electron chi connectivity index (χ1n) is 11.1. The lowest BCUT2D eigenvalue weighted by molar-refractivity contribution is -0.114. The molecule has 174 valence electrons. The lowest BCUT2D eigenvalue weighted by atomic mass is 10.1. The third-order valence-electron chi connectivity index (χ3n) is 5.70. The first kappa shape index (κ1) is 22.7. The van der Waals surface area contributed by atoms with E-state index >= 15 is 0 Å². The standard InChI is InChI=1S/C28H23N3O3S/c1-18-8-10-19(11-9-18)16-34-24-13-12-20(15-25(24)33-2)14-22-26(29)31-23(21-6-4-3-5-7-21)17-35-28(31)30-27(22)32/h3-15,17,29H,16H2,1-2H3/b22-14+,29-26?. The van der Waals surface area contributed by atoms with Crippen molar-refractivity contribution in [3.8, 4) is 11.5 Å². The zero-order chi connectivity index (χ0) is 24.4. The van der Waals surface area contributed by atoms with Crippen LogP contribution in [-0.2, 0) is 11.4 Å². The molecule has 3 aromatic rings. The Kier molecular flexibility index (Phi) is 6.25. The molecule has 5 rings (SSSR count). The average molecular weight is 482 g/mol. The second kappa shape index (κ2) is 9.64. The lowest BCUT2D eigenvalue weighted by Crippen LogP contribution is -2.38. The number of nitrogens with one attached hydrogen (secondary N) is 1. The largest absolute Gasteiger partial charge is 0.493 e. The van der Waals surface area contributed by atoms with Crippen LogP contribution in [0.4, 0.5) is 0 Å². The Morgan fingerprint density at radius 3 is 2.54 bits per heavy atom. The summed E-state index contributed by atoms with van der Waals surface area (Å²) in [5.41, 5.74) is 4.98. The fourth-order valence-corrected chi connectivity index (χ4v) is 4.71. The minimum atomic E-state index is -0.435. The minimum Gasteiger partial charge on any atom is -0.493 e. The number of carbonyl (C=O) groups excluding carboxylic acids is 1. The van der Waals surface area contributed by atoms with Gasteiger partial charge in [-0.05, 0) is 41.8 Å². The molecule has 0 unspecified atom stereocenters. The van der Waals surface area contributed by atoms with Gasteiger partial charge in [-0.25, -0.2) is 0 Å². The van der Waals surface area contributed by atoms with Gasteiger partial charge in [0.1, 0.15) is 12.4 Å². The van der Waals surface area contributed by atoms with E-state index in [0.717, 1.165) is 16.8 Å². The number of amidine groups is 2. The maximum atomic E-state index is 12.8. The number of rotatable bonds is 6. The number of amides is 1. The van der Waals surface area contributed by atoms with Gasteiger partial charge >= 0.3 is 0 Å². The zero-order valence-electron chi connectivity index (χ0n) is 19.3. The monoisotopic (exact) mass is 481 g/mol. The van der Waals surface area contributed by atoms with E-state index in [0.29, 0.717) is 28.8 Å². The number of carbonyl (C=O) groups is 1. The number of thioether (sulfide) groups is 1. The second-order valence-corrected chi connectivity index (χ2v) is 8.95. The topological polar surface area (TPSA) is 75.0 Å². The third-order valence-corrected chi connectivity index (χ3v) is 6.52. The van der Waals surface area contributed by atoms with E-state index in [2.05, 4.69) is 4.99 Å². The summed E-state index contributed by atoms with van der Waals surface area (Å²) in [5.74, 6) is 0.812. The summed E-state index contributed by atoms with van der Waals surface area (Å²) < 4.78 is 11.5. The number of benzene rings is 3. The van der Waals surface area contributed by atoms with E-state index in [4.69, 9.17) is 14.9 Å². The highest BCUT2D eigenvalue weighted by molar-refractivity contribution is 8.17. The molecule has 0 bridgehead atoms. The SMILES string of the molecule is COc1cc(/C=C2\C(=N)N3C(c4ccccc4)=CSC3=NC2=O)ccc1OCc1ccc(C)cc1. The number of hydrogen-bond acceptors (Lipinski definition) is 5. The van der Waals surface area contributed by atoms with Crippen LogP contribution in [0.3, 0.4) is 0 Å². The van der Waals surface area contributed by atoms with Crippen LogP contribution in [0.25, 0.3) is 11.8 Å². The van der Waals surface area contributed by atoms with Crippen LogP contribution < -0.4 is 9.47 Å². The van der Waals surface area contributed by atoms with Crippen molar-refractivity contribution in [1.29, 1.82) is 5.41 Å². The van der Waals surface area contributed by atoms with Crippen molar-refractivity contribution in [2.75, 3.05) is 7.11 Å². The fourth-order valence-electron chi connectivity index (χ4n) is 3.82. The second-order valence-electron chi connectivity index (χ2n) is 8.11. The predicted molar refractivity (Wildman–Crippen MR) is 140 cm³/mol. The smallest absolute Gasteiger partial charge is 0.283 e. The number of aliphatic imine (C=N–C) groups is 1. The molecule has 0 fully saturated rings. The van der Waals surface area contributed by atoms with Crippen molar-refractivity contribution < 1.29 is 14.3 Å². The molecular weight excluding hydrogens is 458 g/mol. The van der Waals surface area contributed by atoms with Gasteiger partial charge in [-0.3, -0.25) is 15.1 Å². The van der Waals surface area contributed by atoms with Crippen molar-refractivity contribution in [2.45, 2.75) is 13.5 Å². The van der Waals surface area contributed by atoms with E-state index in [-0.39, 0.29) is 11.4 Å². The number of fused-ring (bicyclic) bond motifs is 1. The van der Waals surface area contributed by atoms with Gasteiger partial charge in [-0.2, -0.15) is 4.99 Å². The highest BCUT2D eigenvalue weighted by Gasteiger charge is 2.36. The van der Waals surface area contributed by atoms with E-state index in [1.54, 1.807) is 24.2 Å². The van der Waals surface area contributed by atoms with E-state index in [1.807, 2.05) is 79.1 Å². The van der Waals surface area contributed by atoms with Gasteiger partial charge in [0.15, 0.2) is 16.7 Å². The molecule has 0 saturated heterocycles. The van der Waals surface area contributed by atoms with E-state index < -0.39 is 5.91 Å². The average Bonchev–Trinajstić information content (AvgIpc) is 3.31. The Balaban J connectivity index is 1.39. The van der Waals surface area contributed by atoms with E-state index in [1.165, 1.54) is 17.3 Å². The first-order valence-corrected chi connectivity index (χ1v) is 11.9. The molecule has 2 aliphatic heterocycles. The van der Waals surface area contributed by atoms with Crippen molar-refractivity contribution in [2.24, 2.45) is 4.99 Å². The molecule has 1 amide bonds. The van der Waals surface area contributed by atoms with Crippen LogP contribution in [0.2, 0.25) is 0 Å². The fraction of sp³-hybridized carbons (Fsp3) is 0.107. The van der Waals surface area contributed by atoms with Crippen LogP contribution in [0, 0.1) is 12.3 Å². The molecule has 3 aromatic carbocycles. The molecule has 0 atom stereocenters. The first-order chi connectivity index (χ1) is 17.0. The van der Waals surface area contributed by atoms with Gasteiger partial charge in [-0.1, -0.05) is 78.0 Å². The molecular formula is C28H23N3O3S. The number of hydrogen-bond donors (Lipinski definition) is 1. The Labute approximate surface area is 208 Å². The molecule has 2 heterocycles. The summed E-state index contributed by atoms with van der Waals surface area (Å²) in [7, 11) is 1.58. The summed E-state index contributed by atoms with van der Waals surface area (Å²) in [4.78, 5) is 18.7. The summed E-state index contributed by atoms with van der Waals surface area (Å²) in [5, 5.41) is 11.2. The number of aryl methyl sites for hydroxylation is 1. The van der Waals surface area contributed by atoms with Crippen molar-refractivity contribution in [3.63, 3.8) is 0 Å². The zero-order valence-corrected chi connectivity index (χ0v) is 20.1. The Bertz CT molecular complexity index is 1390. The maximum absolute atomic E-state index is 12.8. The molecule has 0 aromatic heterocycles. The molecule has 6 nitrogen and oxygen atoms in total. The van der Waals surface area contributed by atoms with Crippen molar-refractivity contribution in [1.82, 2.24) is 4.90 Å². The normalized spacial score (nSPS) is 16.2. The molecule has 2 aliphatic rings. The van der Waals surface area contributed by atoms with Crippen LogP contribution in [0.15, 0.2) is 88.8 Å². The van der Waals surface area contributed by atoms with Gasteiger partial charge in [-0.15, -0.1) is 0 Å². The van der Waals surface area contributed by atoms with Crippen molar-refractivity contribution >= 4 is 40.4 Å². The quantitative estimate of drug-likeness (QED) is 0.445. The Morgan fingerprint density at radius 2 is 1.80 bits per heavy atom. The number of ether oxygens (including phenoxy) is 2. The highest BCUT2D eigenvalue weighted by Crippen LogP contribution is 2.37. The minimum absolute atomic E-state index is 0.0961. The van der Waals surface area contributed by atoms with E-state index in [9.17, 15) is 4.79 Å².